The molecule has 1 heterocycles. The van der Waals surface area contributed by atoms with E-state index >= 15 is 0 Å². The number of rotatable bonds is 5. The Bertz CT molecular complexity index is 563. The van der Waals surface area contributed by atoms with E-state index in [2.05, 4.69) is 57.3 Å². The molecular formula is C17H27N3. The van der Waals surface area contributed by atoms with Gasteiger partial charge in [0.15, 0.2) is 0 Å². The maximum atomic E-state index is 4.73. The molecule has 1 unspecified atom stereocenters. The van der Waals surface area contributed by atoms with Gasteiger partial charge in [-0.1, -0.05) is 45.9 Å². The summed E-state index contributed by atoms with van der Waals surface area (Å²) in [6.07, 6.45) is 2.14. The van der Waals surface area contributed by atoms with Gasteiger partial charge in [0.05, 0.1) is 11.2 Å². The maximum absolute atomic E-state index is 4.73. The number of hydrogen-bond donors (Lipinski definition) is 1. The molecule has 0 saturated carbocycles. The van der Waals surface area contributed by atoms with Gasteiger partial charge in [-0.05, 0) is 24.4 Å². The molecule has 0 aliphatic heterocycles. The molecule has 3 nitrogen and oxygen atoms in total. The van der Waals surface area contributed by atoms with Crippen LogP contribution in [0, 0.1) is 5.41 Å². The Balaban J connectivity index is 2.29. The predicted octanol–water partition coefficient (Wildman–Crippen LogP) is 3.53. The largest absolute Gasteiger partial charge is 0.313 e. The van der Waals surface area contributed by atoms with Crippen molar-refractivity contribution in [2.75, 3.05) is 6.54 Å². The van der Waals surface area contributed by atoms with Crippen molar-refractivity contribution in [2.45, 2.75) is 46.6 Å². The van der Waals surface area contributed by atoms with Crippen molar-refractivity contribution in [3.8, 4) is 0 Å². The number of fused-ring (bicyclic) bond motifs is 1. The number of aryl methyl sites for hydroxylation is 1. The van der Waals surface area contributed by atoms with Crippen molar-refractivity contribution in [3.63, 3.8) is 0 Å². The minimum Gasteiger partial charge on any atom is -0.313 e. The third kappa shape index (κ3) is 3.21. The van der Waals surface area contributed by atoms with Crippen LogP contribution < -0.4 is 5.32 Å². The summed E-state index contributed by atoms with van der Waals surface area (Å²) in [5.41, 5.74) is 2.64. The van der Waals surface area contributed by atoms with Crippen LogP contribution in [0.2, 0.25) is 0 Å². The summed E-state index contributed by atoms with van der Waals surface area (Å²) in [5.74, 6) is 0. The average molecular weight is 273 g/mol. The highest BCUT2D eigenvalue weighted by Gasteiger charge is 2.25. The van der Waals surface area contributed by atoms with E-state index in [-0.39, 0.29) is 5.41 Å². The first-order chi connectivity index (χ1) is 9.43. The smallest absolute Gasteiger partial charge is 0.0718 e. The lowest BCUT2D eigenvalue weighted by Crippen LogP contribution is -2.42. The third-order valence-corrected chi connectivity index (χ3v) is 3.92. The Labute approximate surface area is 122 Å². The first kappa shape index (κ1) is 15.0. The fourth-order valence-electron chi connectivity index (χ4n) is 2.64. The number of nitrogens with one attached hydrogen (secondary N) is 1. The molecule has 110 valence electrons. The second-order valence-corrected chi connectivity index (χ2v) is 6.66. The first-order valence-corrected chi connectivity index (χ1v) is 7.57. The van der Waals surface area contributed by atoms with E-state index in [4.69, 9.17) is 5.10 Å². The monoisotopic (exact) mass is 273 g/mol. The molecule has 0 spiro atoms. The van der Waals surface area contributed by atoms with Crippen molar-refractivity contribution in [2.24, 2.45) is 12.5 Å². The first-order valence-electron chi connectivity index (χ1n) is 7.57. The summed E-state index contributed by atoms with van der Waals surface area (Å²) < 4.78 is 1.99. The van der Waals surface area contributed by atoms with Crippen LogP contribution in [0.1, 0.15) is 39.8 Å². The summed E-state index contributed by atoms with van der Waals surface area (Å²) in [6, 6.07) is 8.93. The number of aromatic nitrogens is 2. The molecule has 1 atom stereocenters. The van der Waals surface area contributed by atoms with Crippen molar-refractivity contribution in [1.29, 1.82) is 0 Å². The van der Waals surface area contributed by atoms with Gasteiger partial charge in [0.1, 0.15) is 0 Å². The van der Waals surface area contributed by atoms with E-state index in [1.807, 2.05) is 11.7 Å². The highest BCUT2D eigenvalue weighted by atomic mass is 15.3. The Hall–Kier alpha value is -1.35. The van der Waals surface area contributed by atoms with Gasteiger partial charge in [-0.3, -0.25) is 4.68 Å². The number of hydrogen-bond acceptors (Lipinski definition) is 2. The molecule has 1 aromatic carbocycles. The molecule has 0 bridgehead atoms. The minimum atomic E-state index is 0.230. The van der Waals surface area contributed by atoms with Crippen molar-refractivity contribution in [1.82, 2.24) is 15.1 Å². The minimum absolute atomic E-state index is 0.230. The second-order valence-electron chi connectivity index (χ2n) is 6.66. The van der Waals surface area contributed by atoms with Crippen LogP contribution in [0.4, 0.5) is 0 Å². The van der Waals surface area contributed by atoms with Crippen molar-refractivity contribution < 1.29 is 0 Å². The van der Waals surface area contributed by atoms with Crippen LogP contribution in [-0.4, -0.2) is 22.4 Å². The summed E-state index contributed by atoms with van der Waals surface area (Å²) in [6.45, 7) is 10.2. The lowest BCUT2D eigenvalue weighted by atomic mass is 9.83. The summed E-state index contributed by atoms with van der Waals surface area (Å²) in [5, 5.41) is 9.69. The second kappa shape index (κ2) is 5.96. The molecule has 0 aliphatic carbocycles. The number of nitrogens with zero attached hydrogens (tertiary/aromatic N) is 2. The SMILES string of the molecule is CCCNC(Cc1nn(C)c2ccccc12)C(C)(C)C. The van der Waals surface area contributed by atoms with E-state index in [0.717, 1.165) is 19.4 Å². The van der Waals surface area contributed by atoms with Crippen LogP contribution in [-0.2, 0) is 13.5 Å². The quantitative estimate of drug-likeness (QED) is 0.903. The molecule has 20 heavy (non-hydrogen) atoms. The maximum Gasteiger partial charge on any atom is 0.0718 e. The van der Waals surface area contributed by atoms with E-state index in [1.165, 1.54) is 16.6 Å². The molecule has 0 aliphatic rings. The van der Waals surface area contributed by atoms with Gasteiger partial charge in [0.2, 0.25) is 0 Å². The molecule has 2 rings (SSSR count). The van der Waals surface area contributed by atoms with E-state index < -0.39 is 0 Å². The Morgan fingerprint density at radius 2 is 1.95 bits per heavy atom. The van der Waals surface area contributed by atoms with Gasteiger partial charge >= 0.3 is 0 Å². The lowest BCUT2D eigenvalue weighted by Gasteiger charge is -2.31. The Morgan fingerprint density at radius 1 is 1.25 bits per heavy atom. The fourth-order valence-corrected chi connectivity index (χ4v) is 2.64. The van der Waals surface area contributed by atoms with Gasteiger partial charge in [-0.25, -0.2) is 0 Å². The molecule has 1 aromatic heterocycles. The van der Waals surface area contributed by atoms with Gasteiger partial charge < -0.3 is 5.32 Å². The predicted molar refractivity (Wildman–Crippen MR) is 86.0 cm³/mol. The zero-order valence-corrected chi connectivity index (χ0v) is 13.4. The van der Waals surface area contributed by atoms with E-state index in [1.54, 1.807) is 0 Å². The van der Waals surface area contributed by atoms with Crippen LogP contribution >= 0.6 is 0 Å². The van der Waals surface area contributed by atoms with Crippen LogP contribution in [0.3, 0.4) is 0 Å². The molecule has 0 radical (unpaired) electrons. The molecule has 2 aromatic rings. The highest BCUT2D eigenvalue weighted by molar-refractivity contribution is 5.81. The van der Waals surface area contributed by atoms with Crippen LogP contribution in [0.5, 0.6) is 0 Å². The summed E-state index contributed by atoms with van der Waals surface area (Å²) in [4.78, 5) is 0. The molecular weight excluding hydrogens is 246 g/mol. The van der Waals surface area contributed by atoms with Gasteiger partial charge in [0, 0.05) is 24.9 Å². The van der Waals surface area contributed by atoms with E-state index in [0.29, 0.717) is 6.04 Å². The molecule has 1 N–H and O–H groups in total. The normalized spacial score (nSPS) is 13.8. The lowest BCUT2D eigenvalue weighted by molar-refractivity contribution is 0.265. The number of benzene rings is 1. The van der Waals surface area contributed by atoms with Gasteiger partial charge in [-0.2, -0.15) is 5.10 Å². The van der Waals surface area contributed by atoms with E-state index in [9.17, 15) is 0 Å². The summed E-state index contributed by atoms with van der Waals surface area (Å²) >= 11 is 0. The molecule has 0 amide bonds. The molecule has 0 saturated heterocycles. The zero-order chi connectivity index (χ0) is 14.8. The highest BCUT2D eigenvalue weighted by Crippen LogP contribution is 2.25. The van der Waals surface area contributed by atoms with Crippen LogP contribution in [0.25, 0.3) is 10.9 Å². The number of para-hydroxylation sites is 1. The molecule has 3 heteroatoms. The Morgan fingerprint density at radius 3 is 2.60 bits per heavy atom. The van der Waals surface area contributed by atoms with Crippen LogP contribution in [0.15, 0.2) is 24.3 Å². The van der Waals surface area contributed by atoms with Gasteiger partial charge in [0.25, 0.3) is 0 Å². The topological polar surface area (TPSA) is 29.9 Å². The van der Waals surface area contributed by atoms with Gasteiger partial charge in [-0.15, -0.1) is 0 Å². The third-order valence-electron chi connectivity index (χ3n) is 3.92. The average Bonchev–Trinajstić information content (AvgIpc) is 2.71. The molecule has 0 fully saturated rings. The fraction of sp³-hybridized carbons (Fsp3) is 0.588. The standard InChI is InChI=1S/C17H27N3/c1-6-11-18-16(17(2,3)4)12-14-13-9-7-8-10-15(13)20(5)19-14/h7-10,16,18H,6,11-12H2,1-5H3. The zero-order valence-electron chi connectivity index (χ0n) is 13.4. The van der Waals surface area contributed by atoms with Crippen molar-refractivity contribution >= 4 is 10.9 Å². The van der Waals surface area contributed by atoms with Crippen molar-refractivity contribution in [3.05, 3.63) is 30.0 Å². The Kier molecular flexibility index (Phi) is 4.48. The summed E-state index contributed by atoms with van der Waals surface area (Å²) in [7, 11) is 2.03.